The van der Waals surface area contributed by atoms with Crippen molar-refractivity contribution in [2.24, 2.45) is 22.7 Å². The largest absolute Gasteiger partial charge is 0.459 e. The highest BCUT2D eigenvalue weighted by Crippen LogP contribution is 2.62. The summed E-state index contributed by atoms with van der Waals surface area (Å²) in [5.74, 6) is 0.407. The molecule has 0 radical (unpaired) electrons. The number of rotatable bonds is 2. The zero-order valence-electron chi connectivity index (χ0n) is 13.7. The molecule has 2 aliphatic carbocycles. The van der Waals surface area contributed by atoms with Crippen molar-refractivity contribution in [1.29, 1.82) is 0 Å². The van der Waals surface area contributed by atoms with Gasteiger partial charge in [0.2, 0.25) is 0 Å². The van der Waals surface area contributed by atoms with Gasteiger partial charge < -0.3 is 9.84 Å². The normalized spacial score (nSPS) is 43.7. The Bertz CT molecular complexity index is 390. The van der Waals surface area contributed by atoms with E-state index in [2.05, 4.69) is 20.8 Å². The lowest BCUT2D eigenvalue weighted by Gasteiger charge is -2.61. The zero-order valence-corrected chi connectivity index (χ0v) is 13.7. The number of carbonyl (C=O) groups excluding carboxylic acids is 1. The van der Waals surface area contributed by atoms with E-state index in [1.807, 2.05) is 6.92 Å². The van der Waals surface area contributed by atoms with Crippen LogP contribution < -0.4 is 0 Å². The summed E-state index contributed by atoms with van der Waals surface area (Å²) in [6.07, 6.45) is 5.54. The maximum Gasteiger partial charge on any atom is 0.303 e. The van der Waals surface area contributed by atoms with E-state index in [-0.39, 0.29) is 23.9 Å². The maximum atomic E-state index is 11.5. The van der Waals surface area contributed by atoms with Crippen LogP contribution in [0.25, 0.3) is 0 Å². The molecule has 2 fully saturated rings. The summed E-state index contributed by atoms with van der Waals surface area (Å²) in [5.41, 5.74) is -0.129. The Morgan fingerprint density at radius 1 is 1.20 bits per heavy atom. The van der Waals surface area contributed by atoms with Crippen LogP contribution in [0.15, 0.2) is 0 Å². The summed E-state index contributed by atoms with van der Waals surface area (Å²) in [6.45, 7) is 10.6. The second kappa shape index (κ2) is 5.01. The van der Waals surface area contributed by atoms with E-state index in [4.69, 9.17) is 4.74 Å². The summed E-state index contributed by atoms with van der Waals surface area (Å²) in [5, 5.41) is 10.0. The van der Waals surface area contributed by atoms with Crippen molar-refractivity contribution in [3.63, 3.8) is 0 Å². The third-order valence-electron chi connectivity index (χ3n) is 6.30. The lowest BCUT2D eigenvalue weighted by atomic mass is 9.46. The standard InChI is InChI=1S/C17H30O3/c1-12(19)20-17(5)10-7-13-15(2,3)8-6-9-16(13,4)14(17)11-18/h13-14,18H,6-11H2,1-5H3/t13-,14+,16-,17-/m0/s1. The molecule has 2 rings (SSSR count). The fourth-order valence-electron chi connectivity index (χ4n) is 5.46. The molecule has 0 amide bonds. The summed E-state index contributed by atoms with van der Waals surface area (Å²) >= 11 is 0. The predicted octanol–water partition coefficient (Wildman–Crippen LogP) is 3.54. The molecular formula is C17H30O3. The lowest BCUT2D eigenvalue weighted by Crippen LogP contribution is -2.59. The Morgan fingerprint density at radius 3 is 2.40 bits per heavy atom. The molecule has 0 spiro atoms. The maximum absolute atomic E-state index is 11.5. The number of ether oxygens (including phenoxy) is 1. The number of aliphatic hydroxyl groups excluding tert-OH is 1. The third kappa shape index (κ3) is 2.38. The molecule has 0 bridgehead atoms. The minimum atomic E-state index is -0.515. The van der Waals surface area contributed by atoms with Crippen LogP contribution in [-0.4, -0.2) is 23.3 Å². The molecule has 0 heterocycles. The molecule has 3 heteroatoms. The fraction of sp³-hybridized carbons (Fsp3) is 0.941. The third-order valence-corrected chi connectivity index (χ3v) is 6.30. The van der Waals surface area contributed by atoms with E-state index in [9.17, 15) is 9.90 Å². The van der Waals surface area contributed by atoms with Gasteiger partial charge in [-0.15, -0.1) is 0 Å². The van der Waals surface area contributed by atoms with Gasteiger partial charge in [0, 0.05) is 12.8 Å². The van der Waals surface area contributed by atoms with E-state index >= 15 is 0 Å². The average Bonchev–Trinajstić information content (AvgIpc) is 2.25. The molecule has 2 aliphatic rings. The van der Waals surface area contributed by atoms with Crippen molar-refractivity contribution in [3.8, 4) is 0 Å². The molecule has 0 unspecified atom stereocenters. The van der Waals surface area contributed by atoms with Crippen LogP contribution in [0.4, 0.5) is 0 Å². The van der Waals surface area contributed by atoms with Crippen molar-refractivity contribution >= 4 is 5.97 Å². The first-order chi connectivity index (χ1) is 9.16. The van der Waals surface area contributed by atoms with Gasteiger partial charge in [0.05, 0.1) is 6.61 Å². The van der Waals surface area contributed by atoms with Crippen LogP contribution in [0.3, 0.4) is 0 Å². The topological polar surface area (TPSA) is 46.5 Å². The van der Waals surface area contributed by atoms with Crippen molar-refractivity contribution in [3.05, 3.63) is 0 Å². The molecule has 3 nitrogen and oxygen atoms in total. The van der Waals surface area contributed by atoms with E-state index in [1.54, 1.807) is 0 Å². The van der Waals surface area contributed by atoms with Crippen LogP contribution >= 0.6 is 0 Å². The van der Waals surface area contributed by atoms with Crippen molar-refractivity contribution in [2.75, 3.05) is 6.61 Å². The molecule has 116 valence electrons. The van der Waals surface area contributed by atoms with Gasteiger partial charge >= 0.3 is 5.97 Å². The highest BCUT2D eigenvalue weighted by atomic mass is 16.6. The molecule has 2 saturated carbocycles. The summed E-state index contributed by atoms with van der Waals surface area (Å²) in [4.78, 5) is 11.5. The van der Waals surface area contributed by atoms with E-state index < -0.39 is 5.60 Å². The molecule has 1 N–H and O–H groups in total. The minimum Gasteiger partial charge on any atom is -0.459 e. The predicted molar refractivity (Wildman–Crippen MR) is 79.2 cm³/mol. The van der Waals surface area contributed by atoms with Gasteiger partial charge in [-0.3, -0.25) is 4.79 Å². The van der Waals surface area contributed by atoms with Gasteiger partial charge in [0.25, 0.3) is 0 Å². The number of esters is 1. The van der Waals surface area contributed by atoms with E-state index in [0.29, 0.717) is 11.3 Å². The fourth-order valence-corrected chi connectivity index (χ4v) is 5.46. The minimum absolute atomic E-state index is 0.0391. The van der Waals surface area contributed by atoms with Gasteiger partial charge in [0.1, 0.15) is 5.60 Å². The van der Waals surface area contributed by atoms with Crippen LogP contribution in [0.5, 0.6) is 0 Å². The SMILES string of the molecule is CC(=O)O[C@@]1(C)CC[C@H]2C(C)(C)CCC[C@]2(C)[C@H]1CO. The van der Waals surface area contributed by atoms with Crippen LogP contribution in [0.2, 0.25) is 0 Å². The second-order valence-electron chi connectivity index (χ2n) is 8.08. The number of carbonyl (C=O) groups is 1. The van der Waals surface area contributed by atoms with Gasteiger partial charge in [-0.05, 0) is 49.4 Å². The Morgan fingerprint density at radius 2 is 1.85 bits per heavy atom. The Hall–Kier alpha value is -0.570. The Labute approximate surface area is 123 Å². The molecular weight excluding hydrogens is 252 g/mol. The van der Waals surface area contributed by atoms with Crippen LogP contribution in [0, 0.1) is 22.7 Å². The molecule has 0 aromatic heterocycles. The number of fused-ring (bicyclic) bond motifs is 1. The summed E-state index contributed by atoms with van der Waals surface area (Å²) in [7, 11) is 0. The first-order valence-corrected chi connectivity index (χ1v) is 7.96. The monoisotopic (exact) mass is 282 g/mol. The molecule has 0 aromatic rings. The molecule has 0 aromatic carbocycles. The van der Waals surface area contributed by atoms with E-state index in [1.165, 1.54) is 19.8 Å². The Balaban J connectivity index is 2.36. The lowest BCUT2D eigenvalue weighted by molar-refractivity contribution is -0.204. The highest BCUT2D eigenvalue weighted by Gasteiger charge is 2.59. The van der Waals surface area contributed by atoms with Crippen molar-refractivity contribution in [2.45, 2.75) is 72.3 Å². The van der Waals surface area contributed by atoms with Crippen LogP contribution in [-0.2, 0) is 9.53 Å². The zero-order chi connectivity index (χ0) is 15.2. The number of hydrogen-bond acceptors (Lipinski definition) is 3. The summed E-state index contributed by atoms with van der Waals surface area (Å²) in [6, 6.07) is 0. The van der Waals surface area contributed by atoms with Gasteiger partial charge in [-0.1, -0.05) is 27.2 Å². The molecule has 4 atom stereocenters. The average molecular weight is 282 g/mol. The first kappa shape index (κ1) is 15.8. The van der Waals surface area contributed by atoms with Crippen molar-refractivity contribution < 1.29 is 14.6 Å². The van der Waals surface area contributed by atoms with Gasteiger partial charge in [-0.2, -0.15) is 0 Å². The Kier molecular flexibility index (Phi) is 3.96. The van der Waals surface area contributed by atoms with Gasteiger partial charge in [-0.25, -0.2) is 0 Å². The van der Waals surface area contributed by atoms with Crippen LogP contribution in [0.1, 0.15) is 66.7 Å². The summed E-state index contributed by atoms with van der Waals surface area (Å²) < 4.78 is 5.67. The van der Waals surface area contributed by atoms with E-state index in [0.717, 1.165) is 19.3 Å². The highest BCUT2D eigenvalue weighted by molar-refractivity contribution is 5.66. The first-order valence-electron chi connectivity index (χ1n) is 7.96. The molecule has 0 aliphatic heterocycles. The molecule has 20 heavy (non-hydrogen) atoms. The van der Waals surface area contributed by atoms with Crippen molar-refractivity contribution in [1.82, 2.24) is 0 Å². The number of hydrogen-bond donors (Lipinski definition) is 1. The second-order valence-corrected chi connectivity index (χ2v) is 8.08. The quantitative estimate of drug-likeness (QED) is 0.788. The van der Waals surface area contributed by atoms with Gasteiger partial charge in [0.15, 0.2) is 0 Å². The molecule has 0 saturated heterocycles. The smallest absolute Gasteiger partial charge is 0.303 e. The number of aliphatic hydroxyl groups is 1.